The van der Waals surface area contributed by atoms with Gasteiger partial charge in [0.2, 0.25) is 18.4 Å². The second-order valence-electron chi connectivity index (χ2n) is 6.46. The number of pyridine rings is 1. The van der Waals surface area contributed by atoms with Crippen molar-refractivity contribution in [3.05, 3.63) is 35.9 Å². The van der Waals surface area contributed by atoms with Crippen molar-refractivity contribution in [2.24, 2.45) is 0 Å². The van der Waals surface area contributed by atoms with Gasteiger partial charge in [0.25, 0.3) is 0 Å². The first-order valence-corrected chi connectivity index (χ1v) is 8.75. The number of rotatable bonds is 4. The van der Waals surface area contributed by atoms with E-state index in [1.165, 1.54) is 6.92 Å². The van der Waals surface area contributed by atoms with Gasteiger partial charge in [-0.25, -0.2) is 4.98 Å². The van der Waals surface area contributed by atoms with Gasteiger partial charge in [-0.1, -0.05) is 0 Å². The fourth-order valence-corrected chi connectivity index (χ4v) is 3.40. The maximum atomic E-state index is 11.6. The van der Waals surface area contributed by atoms with Crippen molar-refractivity contribution in [2.45, 2.75) is 13.8 Å². The number of benzene rings is 2. The van der Waals surface area contributed by atoms with Gasteiger partial charge in [-0.3, -0.25) is 4.79 Å². The summed E-state index contributed by atoms with van der Waals surface area (Å²) < 4.78 is 21.9. The summed E-state index contributed by atoms with van der Waals surface area (Å²) in [5, 5.41) is 3.70. The van der Waals surface area contributed by atoms with Crippen LogP contribution in [0, 0.1) is 6.92 Å². The molecule has 0 fully saturated rings. The van der Waals surface area contributed by atoms with Crippen LogP contribution in [0.2, 0.25) is 0 Å². The molecule has 2 heterocycles. The molecule has 4 rings (SSSR count). The topological polar surface area (TPSA) is 78.9 Å². The van der Waals surface area contributed by atoms with Gasteiger partial charge in [0.05, 0.1) is 25.6 Å². The molecule has 1 amide bonds. The zero-order valence-electron chi connectivity index (χ0n) is 16.1. The Morgan fingerprint density at radius 2 is 1.89 bits per heavy atom. The number of methoxy groups -OCH3 is 2. The Hall–Kier alpha value is -3.48. The minimum atomic E-state index is -0.143. The van der Waals surface area contributed by atoms with Crippen LogP contribution < -0.4 is 24.3 Å². The van der Waals surface area contributed by atoms with E-state index < -0.39 is 0 Å². The third-order valence-corrected chi connectivity index (χ3v) is 4.61. The molecule has 7 heteroatoms. The summed E-state index contributed by atoms with van der Waals surface area (Å²) >= 11 is 0. The molecule has 0 bridgehead atoms. The van der Waals surface area contributed by atoms with Gasteiger partial charge in [0, 0.05) is 17.9 Å². The van der Waals surface area contributed by atoms with E-state index in [0.717, 1.165) is 22.2 Å². The normalized spacial score (nSPS) is 12.1. The third-order valence-electron chi connectivity index (χ3n) is 4.61. The van der Waals surface area contributed by atoms with Crippen LogP contribution in [0.3, 0.4) is 0 Å². The lowest BCUT2D eigenvalue weighted by Crippen LogP contribution is -2.07. The summed E-state index contributed by atoms with van der Waals surface area (Å²) in [4.78, 5) is 16.4. The molecule has 1 N–H and O–H groups in total. The highest BCUT2D eigenvalue weighted by Crippen LogP contribution is 2.44. The molecule has 0 unspecified atom stereocenters. The predicted molar refractivity (Wildman–Crippen MR) is 105 cm³/mol. The van der Waals surface area contributed by atoms with Crippen molar-refractivity contribution in [1.29, 1.82) is 0 Å². The van der Waals surface area contributed by atoms with E-state index in [0.29, 0.717) is 34.2 Å². The zero-order valence-corrected chi connectivity index (χ0v) is 16.1. The summed E-state index contributed by atoms with van der Waals surface area (Å²) in [6.45, 7) is 3.61. The largest absolute Gasteiger partial charge is 0.494 e. The van der Waals surface area contributed by atoms with E-state index in [1.807, 2.05) is 31.2 Å². The quantitative estimate of drug-likeness (QED) is 0.739. The standard InChI is InChI=1S/C21H20N2O5/c1-11-7-15(13-8-17(26-4)21-18(9-13)27-10-28-21)23-20-16(25-3)6-5-14(19(11)20)22-12(2)24/h5-9H,10H2,1-4H3,(H,22,24). The maximum Gasteiger partial charge on any atom is 0.231 e. The van der Waals surface area contributed by atoms with E-state index in [9.17, 15) is 4.79 Å². The fourth-order valence-electron chi connectivity index (χ4n) is 3.40. The van der Waals surface area contributed by atoms with Crippen LogP contribution in [0.25, 0.3) is 22.2 Å². The van der Waals surface area contributed by atoms with Gasteiger partial charge < -0.3 is 24.3 Å². The number of amides is 1. The zero-order chi connectivity index (χ0) is 19.8. The van der Waals surface area contributed by atoms with Gasteiger partial charge in [0.15, 0.2) is 11.5 Å². The van der Waals surface area contributed by atoms with Gasteiger partial charge in [-0.2, -0.15) is 0 Å². The highest BCUT2D eigenvalue weighted by molar-refractivity contribution is 6.04. The third kappa shape index (κ3) is 2.94. The van der Waals surface area contributed by atoms with Gasteiger partial charge in [0.1, 0.15) is 11.3 Å². The van der Waals surface area contributed by atoms with Crippen LogP contribution in [0.4, 0.5) is 5.69 Å². The summed E-state index contributed by atoms with van der Waals surface area (Å²) in [5.41, 5.74) is 3.89. The summed E-state index contributed by atoms with van der Waals surface area (Å²) in [5.74, 6) is 2.28. The summed E-state index contributed by atoms with van der Waals surface area (Å²) in [6, 6.07) is 9.32. The summed E-state index contributed by atoms with van der Waals surface area (Å²) in [7, 11) is 3.18. The van der Waals surface area contributed by atoms with Crippen molar-refractivity contribution in [1.82, 2.24) is 4.98 Å². The van der Waals surface area contributed by atoms with Gasteiger partial charge >= 0.3 is 0 Å². The van der Waals surface area contributed by atoms with Crippen LogP contribution in [-0.4, -0.2) is 31.9 Å². The SMILES string of the molecule is COc1cc(-c2cc(C)c3c(NC(C)=O)ccc(OC)c3n2)cc2c1OCO2. The van der Waals surface area contributed by atoms with Crippen LogP contribution >= 0.6 is 0 Å². The number of aromatic nitrogens is 1. The fraction of sp³-hybridized carbons (Fsp3) is 0.238. The minimum absolute atomic E-state index is 0.143. The lowest BCUT2D eigenvalue weighted by Gasteiger charge is -2.15. The molecule has 28 heavy (non-hydrogen) atoms. The Morgan fingerprint density at radius 3 is 2.61 bits per heavy atom. The van der Waals surface area contributed by atoms with Crippen molar-refractivity contribution >= 4 is 22.5 Å². The molecule has 3 aromatic rings. The first-order chi connectivity index (χ1) is 13.5. The van der Waals surface area contributed by atoms with Crippen molar-refractivity contribution < 1.29 is 23.7 Å². The second kappa shape index (κ2) is 6.92. The van der Waals surface area contributed by atoms with Gasteiger partial charge in [-0.05, 0) is 42.8 Å². The Morgan fingerprint density at radius 1 is 1.11 bits per heavy atom. The number of hydrogen-bond donors (Lipinski definition) is 1. The number of anilines is 1. The van der Waals surface area contributed by atoms with Crippen LogP contribution in [0.1, 0.15) is 12.5 Å². The Kier molecular flexibility index (Phi) is 4.43. The van der Waals surface area contributed by atoms with Crippen LogP contribution in [0.15, 0.2) is 30.3 Å². The molecule has 0 saturated heterocycles. The molecule has 1 aromatic heterocycles. The highest BCUT2D eigenvalue weighted by Gasteiger charge is 2.22. The number of carbonyl (C=O) groups is 1. The molecule has 144 valence electrons. The van der Waals surface area contributed by atoms with E-state index in [4.69, 9.17) is 23.9 Å². The molecule has 0 aliphatic carbocycles. The van der Waals surface area contributed by atoms with Crippen molar-refractivity contribution in [3.8, 4) is 34.3 Å². The molecule has 1 aliphatic heterocycles. The number of aryl methyl sites for hydroxylation is 1. The van der Waals surface area contributed by atoms with Gasteiger partial charge in [-0.15, -0.1) is 0 Å². The second-order valence-corrected chi connectivity index (χ2v) is 6.46. The number of carbonyl (C=O) groups excluding carboxylic acids is 1. The van der Waals surface area contributed by atoms with E-state index in [2.05, 4.69) is 5.32 Å². The first-order valence-electron chi connectivity index (χ1n) is 8.75. The number of nitrogens with one attached hydrogen (secondary N) is 1. The summed E-state index contributed by atoms with van der Waals surface area (Å²) in [6.07, 6.45) is 0. The number of ether oxygens (including phenoxy) is 4. The number of hydrogen-bond acceptors (Lipinski definition) is 6. The lowest BCUT2D eigenvalue weighted by atomic mass is 10.0. The van der Waals surface area contributed by atoms with Crippen molar-refractivity contribution in [3.63, 3.8) is 0 Å². The average molecular weight is 380 g/mol. The van der Waals surface area contributed by atoms with E-state index >= 15 is 0 Å². The molecule has 0 saturated carbocycles. The smallest absolute Gasteiger partial charge is 0.231 e. The molecule has 0 spiro atoms. The average Bonchev–Trinajstić information content (AvgIpc) is 3.15. The van der Waals surface area contributed by atoms with Crippen LogP contribution in [-0.2, 0) is 4.79 Å². The maximum absolute atomic E-state index is 11.6. The predicted octanol–water partition coefficient (Wildman–Crippen LogP) is 3.91. The molecule has 2 aromatic carbocycles. The molecule has 7 nitrogen and oxygen atoms in total. The first kappa shape index (κ1) is 17.9. The Labute approximate surface area is 162 Å². The number of fused-ring (bicyclic) bond motifs is 2. The van der Waals surface area contributed by atoms with Crippen molar-refractivity contribution in [2.75, 3.05) is 26.3 Å². The minimum Gasteiger partial charge on any atom is -0.494 e. The molecular formula is C21H20N2O5. The lowest BCUT2D eigenvalue weighted by molar-refractivity contribution is -0.114. The highest BCUT2D eigenvalue weighted by atomic mass is 16.7. The monoisotopic (exact) mass is 380 g/mol. The molecular weight excluding hydrogens is 360 g/mol. The van der Waals surface area contributed by atoms with Crippen LogP contribution in [0.5, 0.6) is 23.0 Å². The Balaban J connectivity index is 1.94. The molecule has 0 atom stereocenters. The number of nitrogens with zero attached hydrogens (tertiary/aromatic N) is 1. The molecule has 0 radical (unpaired) electrons. The molecule has 1 aliphatic rings. The van der Waals surface area contributed by atoms with E-state index in [-0.39, 0.29) is 12.7 Å². The van der Waals surface area contributed by atoms with E-state index in [1.54, 1.807) is 20.3 Å². The Bertz CT molecular complexity index is 1090.